The zero-order valence-corrected chi connectivity index (χ0v) is 17.3. The Labute approximate surface area is 167 Å². The van der Waals surface area contributed by atoms with Crippen LogP contribution < -0.4 is 10.2 Å². The maximum Gasteiger partial charge on any atom is 0.230 e. The smallest absolute Gasteiger partial charge is 0.230 e. The summed E-state index contributed by atoms with van der Waals surface area (Å²) in [7, 11) is -3.27. The number of nitrogens with one attached hydrogen (secondary N) is 1. The van der Waals surface area contributed by atoms with Crippen LogP contribution in [0.4, 0.5) is 17.6 Å². The van der Waals surface area contributed by atoms with Gasteiger partial charge in [0.15, 0.2) is 9.84 Å². The van der Waals surface area contributed by atoms with Gasteiger partial charge in [0.05, 0.1) is 11.4 Å². The third-order valence-corrected chi connectivity index (χ3v) is 6.45. The van der Waals surface area contributed by atoms with Gasteiger partial charge in [-0.2, -0.15) is 4.98 Å². The van der Waals surface area contributed by atoms with E-state index in [1.54, 1.807) is 12.3 Å². The maximum absolute atomic E-state index is 11.6. The molecule has 2 aromatic rings. The number of fused-ring (bicyclic) bond motifs is 1. The Morgan fingerprint density at radius 2 is 1.96 bits per heavy atom. The lowest BCUT2D eigenvalue weighted by Gasteiger charge is -2.33. The molecule has 1 N–H and O–H groups in total. The molecule has 4 rings (SSSR count). The molecule has 0 atom stereocenters. The Kier molecular flexibility index (Phi) is 4.90. The van der Waals surface area contributed by atoms with Gasteiger partial charge >= 0.3 is 0 Å². The van der Waals surface area contributed by atoms with Gasteiger partial charge in [0, 0.05) is 34.7 Å². The minimum atomic E-state index is -3.27. The number of hydrogen-bond acceptors (Lipinski definition) is 7. The van der Waals surface area contributed by atoms with E-state index in [1.165, 1.54) is 37.9 Å². The summed E-state index contributed by atoms with van der Waals surface area (Å²) in [6.07, 6.45) is 11.2. The highest BCUT2D eigenvalue weighted by Crippen LogP contribution is 2.35. The van der Waals surface area contributed by atoms with E-state index in [2.05, 4.69) is 42.2 Å². The first-order valence-electron chi connectivity index (χ1n) is 8.83. The Morgan fingerprint density at radius 1 is 1.19 bits per heavy atom. The Bertz CT molecular complexity index is 985. The third kappa shape index (κ3) is 3.98. The molecular weight excluding hydrogens is 430 g/mol. The molecule has 0 spiro atoms. The first-order valence-corrected chi connectivity index (χ1v) is 11.5. The van der Waals surface area contributed by atoms with Crippen LogP contribution in [0.3, 0.4) is 0 Å². The summed E-state index contributed by atoms with van der Waals surface area (Å²) < 4.78 is 24.2. The number of anilines is 3. The van der Waals surface area contributed by atoms with Crippen LogP contribution >= 0.6 is 15.9 Å². The first-order chi connectivity index (χ1) is 12.9. The number of nitrogens with zero attached hydrogens (tertiary/aromatic N) is 4. The summed E-state index contributed by atoms with van der Waals surface area (Å²) in [5.74, 6) is 1.88. The number of sulfone groups is 1. The van der Waals surface area contributed by atoms with Crippen LogP contribution in [0, 0.1) is 0 Å². The van der Waals surface area contributed by atoms with Crippen molar-refractivity contribution in [2.45, 2.75) is 36.6 Å². The number of aromatic nitrogens is 3. The van der Waals surface area contributed by atoms with E-state index in [9.17, 15) is 8.42 Å². The van der Waals surface area contributed by atoms with Crippen LogP contribution in [0.5, 0.6) is 0 Å². The van der Waals surface area contributed by atoms with Crippen molar-refractivity contribution in [2.75, 3.05) is 23.0 Å². The van der Waals surface area contributed by atoms with Gasteiger partial charge in [0.25, 0.3) is 0 Å². The molecule has 142 valence electrons. The van der Waals surface area contributed by atoms with Crippen LogP contribution in [0.15, 0.2) is 33.9 Å². The zero-order valence-electron chi connectivity index (χ0n) is 14.9. The molecule has 0 aromatic carbocycles. The van der Waals surface area contributed by atoms with E-state index in [1.807, 2.05) is 0 Å². The molecule has 7 nitrogen and oxygen atoms in total. The fraction of sp³-hybridized carbons (Fsp3) is 0.389. The van der Waals surface area contributed by atoms with Gasteiger partial charge in [0.2, 0.25) is 5.95 Å². The van der Waals surface area contributed by atoms with Crippen molar-refractivity contribution in [3.05, 3.63) is 34.6 Å². The largest absolute Gasteiger partial charge is 0.348 e. The topological polar surface area (TPSA) is 88.1 Å². The molecule has 1 aliphatic carbocycles. The molecule has 1 aliphatic heterocycles. The molecule has 0 amide bonds. The minimum absolute atomic E-state index is 0.182. The molecule has 1 fully saturated rings. The normalized spacial score (nSPS) is 17.6. The van der Waals surface area contributed by atoms with Gasteiger partial charge in [-0.05, 0) is 31.1 Å². The van der Waals surface area contributed by atoms with Crippen molar-refractivity contribution in [3.63, 3.8) is 0 Å². The van der Waals surface area contributed by atoms with Gasteiger partial charge < -0.3 is 10.2 Å². The maximum atomic E-state index is 11.6. The van der Waals surface area contributed by atoms with Gasteiger partial charge in [-0.25, -0.2) is 18.4 Å². The molecule has 0 bridgehead atoms. The highest BCUT2D eigenvalue weighted by atomic mass is 79.9. The summed E-state index contributed by atoms with van der Waals surface area (Å²) in [6.45, 7) is 0.815. The number of hydrogen-bond donors (Lipinski definition) is 1. The molecule has 0 saturated heterocycles. The average molecular weight is 450 g/mol. The number of halogens is 1. The average Bonchev–Trinajstić information content (AvgIpc) is 3.15. The monoisotopic (exact) mass is 449 g/mol. The highest BCUT2D eigenvalue weighted by Gasteiger charge is 2.28. The molecule has 9 heteroatoms. The fourth-order valence-corrected chi connectivity index (χ4v) is 4.61. The molecule has 3 heterocycles. The van der Waals surface area contributed by atoms with Crippen molar-refractivity contribution in [3.8, 4) is 0 Å². The van der Waals surface area contributed by atoms with E-state index in [0.717, 1.165) is 28.7 Å². The van der Waals surface area contributed by atoms with Gasteiger partial charge in [-0.3, -0.25) is 0 Å². The fourth-order valence-electron chi connectivity index (χ4n) is 3.53. The lowest BCUT2D eigenvalue weighted by atomic mass is 10.1. The molecule has 1 saturated carbocycles. The van der Waals surface area contributed by atoms with Crippen LogP contribution in [-0.2, 0) is 9.84 Å². The standard InChI is InChI=1S/C18H20BrN5O2S/c1-27(25,26)15-6-7-16(20-10-15)22-18-21-9-12-8-13(19)11-24(17(12)23-18)14-4-2-3-5-14/h6-10,14H,2-5,11H2,1H3,(H,20,21,22,23). The third-order valence-electron chi connectivity index (χ3n) is 4.87. The summed E-state index contributed by atoms with van der Waals surface area (Å²) in [6, 6.07) is 3.64. The van der Waals surface area contributed by atoms with Crippen molar-refractivity contribution in [1.82, 2.24) is 15.0 Å². The SMILES string of the molecule is CS(=O)(=O)c1ccc(Nc2ncc3c(n2)N(C2CCCC2)CC(Br)=C3)nc1. The van der Waals surface area contributed by atoms with Crippen LogP contribution in [-0.4, -0.2) is 42.2 Å². The number of pyridine rings is 1. The second-order valence-corrected chi connectivity index (χ2v) is 9.94. The molecule has 0 radical (unpaired) electrons. The zero-order chi connectivity index (χ0) is 19.0. The van der Waals surface area contributed by atoms with E-state index in [-0.39, 0.29) is 4.90 Å². The van der Waals surface area contributed by atoms with Crippen molar-refractivity contribution in [2.24, 2.45) is 0 Å². The van der Waals surface area contributed by atoms with Crippen molar-refractivity contribution in [1.29, 1.82) is 0 Å². The Hall–Kier alpha value is -2.00. The quantitative estimate of drug-likeness (QED) is 0.763. The second-order valence-electron chi connectivity index (χ2n) is 6.91. The van der Waals surface area contributed by atoms with E-state index in [0.29, 0.717) is 17.8 Å². The van der Waals surface area contributed by atoms with Crippen molar-refractivity contribution >= 4 is 49.4 Å². The molecule has 2 aromatic heterocycles. The Morgan fingerprint density at radius 3 is 2.63 bits per heavy atom. The molecule has 27 heavy (non-hydrogen) atoms. The van der Waals surface area contributed by atoms with Crippen LogP contribution in [0.1, 0.15) is 31.2 Å². The second kappa shape index (κ2) is 7.20. The summed E-state index contributed by atoms with van der Waals surface area (Å²) >= 11 is 3.63. The predicted octanol–water partition coefficient (Wildman–Crippen LogP) is 3.52. The van der Waals surface area contributed by atoms with Gasteiger partial charge in [-0.1, -0.05) is 28.8 Å². The first kappa shape index (κ1) is 18.4. The summed E-state index contributed by atoms with van der Waals surface area (Å²) in [5, 5.41) is 3.07. The summed E-state index contributed by atoms with van der Waals surface area (Å²) in [5.41, 5.74) is 0.992. The van der Waals surface area contributed by atoms with Gasteiger partial charge in [0.1, 0.15) is 11.6 Å². The van der Waals surface area contributed by atoms with E-state index < -0.39 is 9.84 Å². The van der Waals surface area contributed by atoms with Crippen LogP contribution in [0.25, 0.3) is 6.08 Å². The predicted molar refractivity (Wildman–Crippen MR) is 109 cm³/mol. The lowest BCUT2D eigenvalue weighted by Crippen LogP contribution is -2.37. The Balaban J connectivity index is 1.61. The van der Waals surface area contributed by atoms with E-state index >= 15 is 0 Å². The minimum Gasteiger partial charge on any atom is -0.348 e. The van der Waals surface area contributed by atoms with Crippen LogP contribution in [0.2, 0.25) is 0 Å². The molecule has 2 aliphatic rings. The molecular formula is C18H20BrN5O2S. The highest BCUT2D eigenvalue weighted by molar-refractivity contribution is 9.11. The van der Waals surface area contributed by atoms with Gasteiger partial charge in [-0.15, -0.1) is 0 Å². The lowest BCUT2D eigenvalue weighted by molar-refractivity contribution is 0.601. The van der Waals surface area contributed by atoms with E-state index in [4.69, 9.17) is 4.98 Å². The molecule has 0 unspecified atom stereocenters. The number of rotatable bonds is 4. The van der Waals surface area contributed by atoms with Crippen molar-refractivity contribution < 1.29 is 8.42 Å². The summed E-state index contributed by atoms with van der Waals surface area (Å²) in [4.78, 5) is 15.8.